The topological polar surface area (TPSA) is 46.5 Å². The van der Waals surface area contributed by atoms with E-state index in [2.05, 4.69) is 15.2 Å². The molecule has 4 nitrogen and oxygen atoms in total. The van der Waals surface area contributed by atoms with Crippen LogP contribution in [0.2, 0.25) is 0 Å². The molecule has 2 aromatic heterocycles. The molecule has 0 aliphatic carbocycles. The van der Waals surface area contributed by atoms with E-state index in [4.69, 9.17) is 12.2 Å². The molecule has 3 rings (SSSR count). The van der Waals surface area contributed by atoms with Crippen LogP contribution in [0.3, 0.4) is 0 Å². The first kappa shape index (κ1) is 11.8. The maximum atomic E-state index is 5.31. The van der Waals surface area contributed by atoms with Gasteiger partial charge in [-0.05, 0) is 42.9 Å². The smallest absolute Gasteiger partial charge is 0.200 e. The number of rotatable bonds is 2. The van der Waals surface area contributed by atoms with Gasteiger partial charge in [0.2, 0.25) is 0 Å². The third kappa shape index (κ3) is 2.20. The van der Waals surface area contributed by atoms with Gasteiger partial charge in [-0.25, -0.2) is 0 Å². The lowest BCUT2D eigenvalue weighted by atomic mass is 10.2. The van der Waals surface area contributed by atoms with Gasteiger partial charge >= 0.3 is 0 Å². The van der Waals surface area contributed by atoms with Crippen LogP contribution >= 0.6 is 12.2 Å². The normalized spacial score (nSPS) is 10.6. The zero-order valence-corrected chi connectivity index (χ0v) is 11.2. The molecular weight excluding hydrogens is 256 g/mol. The van der Waals surface area contributed by atoms with Crippen LogP contribution in [0.15, 0.2) is 48.8 Å². The predicted octanol–water partition coefficient (Wildman–Crippen LogP) is 3.30. The molecule has 0 amide bonds. The van der Waals surface area contributed by atoms with Gasteiger partial charge in [-0.1, -0.05) is 18.2 Å². The summed E-state index contributed by atoms with van der Waals surface area (Å²) in [6.07, 6.45) is 3.61. The fourth-order valence-corrected chi connectivity index (χ4v) is 2.22. The molecule has 1 aromatic carbocycles. The number of pyridine rings is 1. The zero-order valence-electron chi connectivity index (χ0n) is 10.4. The van der Waals surface area contributed by atoms with Crippen molar-refractivity contribution in [2.24, 2.45) is 0 Å². The first-order valence-electron chi connectivity index (χ1n) is 5.90. The van der Waals surface area contributed by atoms with E-state index in [9.17, 15) is 0 Å². The molecule has 0 fully saturated rings. The van der Waals surface area contributed by atoms with Gasteiger partial charge in [0.05, 0.1) is 0 Å². The summed E-state index contributed by atoms with van der Waals surface area (Å²) in [4.78, 5) is 4.20. The van der Waals surface area contributed by atoms with E-state index < -0.39 is 0 Å². The molecule has 19 heavy (non-hydrogen) atoms. The molecule has 0 radical (unpaired) electrons. The Hall–Kier alpha value is -2.27. The van der Waals surface area contributed by atoms with E-state index in [1.165, 1.54) is 0 Å². The second-order valence-corrected chi connectivity index (χ2v) is 4.66. The second-order valence-electron chi connectivity index (χ2n) is 4.27. The molecular formula is C14H12N4S. The molecule has 0 atom stereocenters. The lowest BCUT2D eigenvalue weighted by Crippen LogP contribution is -1.97. The molecule has 0 saturated heterocycles. The van der Waals surface area contributed by atoms with Crippen molar-refractivity contribution in [3.63, 3.8) is 0 Å². The number of nitrogens with zero attached hydrogens (tertiary/aromatic N) is 3. The summed E-state index contributed by atoms with van der Waals surface area (Å²) in [6, 6.07) is 12.0. The Morgan fingerprint density at radius 1 is 1.16 bits per heavy atom. The number of aromatic nitrogens is 4. The van der Waals surface area contributed by atoms with Crippen molar-refractivity contribution in [1.82, 2.24) is 19.7 Å². The highest BCUT2D eigenvalue weighted by molar-refractivity contribution is 7.71. The maximum Gasteiger partial charge on any atom is 0.200 e. The molecule has 0 spiro atoms. The predicted molar refractivity (Wildman–Crippen MR) is 76.7 cm³/mol. The number of benzene rings is 1. The fourth-order valence-electron chi connectivity index (χ4n) is 1.98. The molecule has 0 aliphatic heterocycles. The Morgan fingerprint density at radius 3 is 2.68 bits per heavy atom. The van der Waals surface area contributed by atoms with Gasteiger partial charge in [0.1, 0.15) is 0 Å². The molecule has 0 aliphatic rings. The molecule has 0 unspecified atom stereocenters. The Labute approximate surface area is 115 Å². The molecule has 2 heterocycles. The van der Waals surface area contributed by atoms with Crippen molar-refractivity contribution in [3.05, 3.63) is 59.1 Å². The van der Waals surface area contributed by atoms with Crippen molar-refractivity contribution >= 4 is 12.2 Å². The summed E-state index contributed by atoms with van der Waals surface area (Å²) in [5.74, 6) is 0.771. The highest BCUT2D eigenvalue weighted by Gasteiger charge is 2.10. The van der Waals surface area contributed by atoms with Crippen LogP contribution < -0.4 is 0 Å². The van der Waals surface area contributed by atoms with Crippen molar-refractivity contribution in [3.8, 4) is 17.1 Å². The summed E-state index contributed by atoms with van der Waals surface area (Å²) in [6.45, 7) is 2.00. The van der Waals surface area contributed by atoms with E-state index in [-0.39, 0.29) is 0 Å². The van der Waals surface area contributed by atoms with E-state index in [0.717, 1.165) is 22.6 Å². The SMILES string of the molecule is Cc1cncc(-c2n[nH]c(=S)n2-c2ccccc2)c1. The first-order chi connectivity index (χ1) is 9.25. The van der Waals surface area contributed by atoms with Crippen LogP contribution in [-0.4, -0.2) is 19.7 Å². The van der Waals surface area contributed by atoms with Gasteiger partial charge in [0.15, 0.2) is 10.6 Å². The number of hydrogen-bond acceptors (Lipinski definition) is 3. The third-order valence-electron chi connectivity index (χ3n) is 2.82. The van der Waals surface area contributed by atoms with Crippen LogP contribution in [0.1, 0.15) is 5.56 Å². The molecule has 0 bridgehead atoms. The Bertz CT molecular complexity index is 758. The minimum atomic E-state index is 0.572. The standard InChI is InChI=1S/C14H12N4S/c1-10-7-11(9-15-8-10)13-16-17-14(19)18(13)12-5-3-2-4-6-12/h2-9H,1H3,(H,17,19). The number of para-hydroxylation sites is 1. The average Bonchev–Trinajstić information content (AvgIpc) is 2.82. The minimum Gasteiger partial charge on any atom is -0.268 e. The second kappa shape index (κ2) is 4.78. The molecule has 0 saturated carbocycles. The van der Waals surface area contributed by atoms with E-state index >= 15 is 0 Å². The van der Waals surface area contributed by atoms with Crippen LogP contribution in [-0.2, 0) is 0 Å². The Balaban J connectivity index is 2.22. The summed E-state index contributed by atoms with van der Waals surface area (Å²) in [7, 11) is 0. The van der Waals surface area contributed by atoms with Crippen molar-refractivity contribution in [2.75, 3.05) is 0 Å². The summed E-state index contributed by atoms with van der Waals surface area (Å²) in [5.41, 5.74) is 3.01. The quantitative estimate of drug-likeness (QED) is 0.725. The van der Waals surface area contributed by atoms with E-state index in [0.29, 0.717) is 4.77 Å². The lowest BCUT2D eigenvalue weighted by Gasteiger charge is -2.06. The molecule has 5 heteroatoms. The lowest BCUT2D eigenvalue weighted by molar-refractivity contribution is 1.03. The summed E-state index contributed by atoms with van der Waals surface area (Å²) < 4.78 is 2.48. The van der Waals surface area contributed by atoms with Crippen LogP contribution in [0, 0.1) is 11.7 Å². The highest BCUT2D eigenvalue weighted by Crippen LogP contribution is 2.21. The Kier molecular flexibility index (Phi) is 2.97. The number of nitrogens with one attached hydrogen (secondary N) is 1. The van der Waals surface area contributed by atoms with Crippen LogP contribution in [0.4, 0.5) is 0 Å². The molecule has 3 aromatic rings. The number of aromatic amines is 1. The maximum absolute atomic E-state index is 5.31. The summed E-state index contributed by atoms with van der Waals surface area (Å²) in [5, 5.41) is 7.15. The number of H-pyrrole nitrogens is 1. The average molecular weight is 268 g/mol. The molecule has 1 N–H and O–H groups in total. The fraction of sp³-hybridized carbons (Fsp3) is 0.0714. The van der Waals surface area contributed by atoms with Crippen molar-refractivity contribution < 1.29 is 0 Å². The largest absolute Gasteiger partial charge is 0.268 e. The number of hydrogen-bond donors (Lipinski definition) is 1. The van der Waals surface area contributed by atoms with E-state index in [1.54, 1.807) is 6.20 Å². The van der Waals surface area contributed by atoms with Crippen LogP contribution in [0.5, 0.6) is 0 Å². The van der Waals surface area contributed by atoms with Gasteiger partial charge in [0.25, 0.3) is 0 Å². The third-order valence-corrected chi connectivity index (χ3v) is 3.09. The minimum absolute atomic E-state index is 0.572. The number of aryl methyl sites for hydroxylation is 1. The summed E-state index contributed by atoms with van der Waals surface area (Å²) >= 11 is 5.31. The monoisotopic (exact) mass is 268 g/mol. The van der Waals surface area contributed by atoms with Gasteiger partial charge in [0, 0.05) is 23.6 Å². The van der Waals surface area contributed by atoms with Gasteiger partial charge in [-0.15, -0.1) is 0 Å². The van der Waals surface area contributed by atoms with Gasteiger partial charge < -0.3 is 0 Å². The van der Waals surface area contributed by atoms with E-state index in [1.807, 2.05) is 54.1 Å². The highest BCUT2D eigenvalue weighted by atomic mass is 32.1. The van der Waals surface area contributed by atoms with Gasteiger partial charge in [-0.2, -0.15) is 5.10 Å². The van der Waals surface area contributed by atoms with Crippen molar-refractivity contribution in [2.45, 2.75) is 6.92 Å². The van der Waals surface area contributed by atoms with Gasteiger partial charge in [-0.3, -0.25) is 14.6 Å². The zero-order chi connectivity index (χ0) is 13.2. The Morgan fingerprint density at radius 2 is 1.95 bits per heavy atom. The van der Waals surface area contributed by atoms with Crippen molar-refractivity contribution in [1.29, 1.82) is 0 Å². The molecule has 94 valence electrons. The van der Waals surface area contributed by atoms with Crippen LogP contribution in [0.25, 0.3) is 17.1 Å². The first-order valence-corrected chi connectivity index (χ1v) is 6.31.